The third kappa shape index (κ3) is 0.956. The van der Waals surface area contributed by atoms with Gasteiger partial charge in [0.25, 0.3) is 0 Å². The number of hydrogen-bond acceptors (Lipinski definition) is 0. The second-order valence-electron chi connectivity index (χ2n) is 3.70. The van der Waals surface area contributed by atoms with Crippen molar-refractivity contribution in [3.63, 3.8) is 0 Å². The Balaban J connectivity index is 2.54. The number of aromatic nitrogens is 1. The van der Waals surface area contributed by atoms with Crippen molar-refractivity contribution >= 4 is 21.5 Å². The number of benzene rings is 2. The van der Waals surface area contributed by atoms with Crippen LogP contribution in [0.15, 0.2) is 42.6 Å². The first-order valence-electron chi connectivity index (χ1n) is 4.81. The number of nitrogens with one attached hydrogen (secondary N) is 1. The van der Waals surface area contributed by atoms with E-state index in [0.29, 0.717) is 0 Å². The van der Waals surface area contributed by atoms with E-state index < -0.39 is 0 Å². The van der Waals surface area contributed by atoms with Crippen LogP contribution in [-0.2, 0) is 0 Å². The van der Waals surface area contributed by atoms with Gasteiger partial charge in [-0.1, -0.05) is 24.3 Å². The van der Waals surface area contributed by atoms with Gasteiger partial charge in [-0.3, -0.25) is 0 Å². The zero-order chi connectivity index (χ0) is 9.54. The summed E-state index contributed by atoms with van der Waals surface area (Å²) in [7, 11) is 0. The molecule has 0 spiro atoms. The first kappa shape index (κ1) is 7.63. The monoisotopic (exact) mass is 181 g/mol. The molecule has 0 fully saturated rings. The highest BCUT2D eigenvalue weighted by atomic mass is 14.7. The van der Waals surface area contributed by atoms with Crippen LogP contribution < -0.4 is 0 Å². The molecule has 0 aliphatic rings. The Kier molecular flexibility index (Phi) is 1.42. The summed E-state index contributed by atoms with van der Waals surface area (Å²) in [5, 5.41) is 5.23. The van der Waals surface area contributed by atoms with Crippen LogP contribution in [0.2, 0.25) is 0 Å². The predicted molar refractivity (Wildman–Crippen MR) is 60.5 cm³/mol. The summed E-state index contributed by atoms with van der Waals surface area (Å²) >= 11 is 0. The molecule has 0 bridgehead atoms. The Morgan fingerprint density at radius 1 is 0.929 bits per heavy atom. The molecular formula is C13H11N. The minimum absolute atomic E-state index is 1.24. The quantitative estimate of drug-likeness (QED) is 0.545. The molecule has 68 valence electrons. The van der Waals surface area contributed by atoms with E-state index in [1.165, 1.54) is 27.2 Å². The summed E-state index contributed by atoms with van der Waals surface area (Å²) in [6, 6.07) is 12.9. The Labute approximate surface area is 82.4 Å². The molecule has 1 heteroatoms. The highest BCUT2D eigenvalue weighted by Crippen LogP contribution is 2.24. The maximum Gasteiger partial charge on any atom is 0.0195 e. The maximum absolute atomic E-state index is 3.25. The van der Waals surface area contributed by atoms with Gasteiger partial charge >= 0.3 is 0 Å². The lowest BCUT2D eigenvalue weighted by atomic mass is 10.1. The number of H-pyrrole nitrogens is 1. The van der Waals surface area contributed by atoms with Crippen LogP contribution in [0.5, 0.6) is 0 Å². The maximum atomic E-state index is 3.25. The molecule has 1 N–H and O–H groups in total. The van der Waals surface area contributed by atoms with Gasteiger partial charge in [0.2, 0.25) is 0 Å². The highest BCUT2D eigenvalue weighted by molar-refractivity contribution is 5.99. The fraction of sp³-hybridized carbons (Fsp3) is 0.0769. The fourth-order valence-electron chi connectivity index (χ4n) is 1.97. The van der Waals surface area contributed by atoms with Gasteiger partial charge < -0.3 is 4.98 Å². The van der Waals surface area contributed by atoms with Crippen molar-refractivity contribution in [2.45, 2.75) is 6.92 Å². The zero-order valence-electron chi connectivity index (χ0n) is 8.04. The molecule has 1 nitrogen and oxygen atoms in total. The molecule has 0 saturated carbocycles. The summed E-state index contributed by atoms with van der Waals surface area (Å²) < 4.78 is 0. The molecule has 14 heavy (non-hydrogen) atoms. The molecule has 0 amide bonds. The average Bonchev–Trinajstić information content (AvgIpc) is 2.57. The van der Waals surface area contributed by atoms with Gasteiger partial charge in [0.15, 0.2) is 0 Å². The molecule has 0 aliphatic carbocycles. The number of rotatable bonds is 0. The standard InChI is InChI=1S/C13H11N/c1-9-13-7-11-5-3-2-4-10(11)6-12(13)8-14-9/h2-8,14H,1H3. The van der Waals surface area contributed by atoms with Crippen LogP contribution in [-0.4, -0.2) is 4.98 Å². The molecule has 3 rings (SSSR count). The molecule has 0 saturated heterocycles. The van der Waals surface area contributed by atoms with E-state index in [4.69, 9.17) is 0 Å². The summed E-state index contributed by atoms with van der Waals surface area (Å²) in [5.41, 5.74) is 1.24. The van der Waals surface area contributed by atoms with Crippen molar-refractivity contribution < 1.29 is 0 Å². The van der Waals surface area contributed by atoms with Crippen molar-refractivity contribution in [1.82, 2.24) is 4.98 Å². The number of aryl methyl sites for hydroxylation is 1. The van der Waals surface area contributed by atoms with Gasteiger partial charge in [-0.05, 0) is 29.8 Å². The van der Waals surface area contributed by atoms with Gasteiger partial charge in [-0.2, -0.15) is 0 Å². The second-order valence-corrected chi connectivity index (χ2v) is 3.70. The molecule has 0 aliphatic heterocycles. The highest BCUT2D eigenvalue weighted by Gasteiger charge is 2.00. The van der Waals surface area contributed by atoms with Crippen LogP contribution >= 0.6 is 0 Å². The van der Waals surface area contributed by atoms with E-state index in [9.17, 15) is 0 Å². The third-order valence-corrected chi connectivity index (χ3v) is 2.77. The summed E-state index contributed by atoms with van der Waals surface area (Å²) in [6.45, 7) is 2.11. The molecule has 1 heterocycles. The molecular weight excluding hydrogens is 170 g/mol. The second kappa shape index (κ2) is 2.61. The lowest BCUT2D eigenvalue weighted by Gasteiger charge is -1.98. The molecule has 0 radical (unpaired) electrons. The third-order valence-electron chi connectivity index (χ3n) is 2.77. The smallest absolute Gasteiger partial charge is 0.0195 e. The van der Waals surface area contributed by atoms with Crippen molar-refractivity contribution in [3.8, 4) is 0 Å². The Morgan fingerprint density at radius 3 is 2.43 bits per heavy atom. The van der Waals surface area contributed by atoms with Crippen LogP contribution in [0.25, 0.3) is 21.5 Å². The molecule has 0 unspecified atom stereocenters. The van der Waals surface area contributed by atoms with Crippen molar-refractivity contribution in [3.05, 3.63) is 48.3 Å². The summed E-state index contributed by atoms with van der Waals surface area (Å²) in [5.74, 6) is 0. The minimum atomic E-state index is 1.24. The summed E-state index contributed by atoms with van der Waals surface area (Å²) in [4.78, 5) is 3.25. The lowest BCUT2D eigenvalue weighted by Crippen LogP contribution is -1.73. The summed E-state index contributed by atoms with van der Waals surface area (Å²) in [6.07, 6.45) is 2.07. The molecule has 1 aromatic heterocycles. The van der Waals surface area contributed by atoms with Crippen molar-refractivity contribution in [1.29, 1.82) is 0 Å². The first-order valence-corrected chi connectivity index (χ1v) is 4.81. The van der Waals surface area contributed by atoms with Crippen molar-refractivity contribution in [2.75, 3.05) is 0 Å². The number of hydrogen-bond donors (Lipinski definition) is 1. The number of fused-ring (bicyclic) bond motifs is 2. The Hall–Kier alpha value is -1.76. The van der Waals surface area contributed by atoms with Crippen LogP contribution in [0.4, 0.5) is 0 Å². The van der Waals surface area contributed by atoms with E-state index in [1.54, 1.807) is 0 Å². The van der Waals surface area contributed by atoms with E-state index in [-0.39, 0.29) is 0 Å². The minimum Gasteiger partial charge on any atom is -0.364 e. The Bertz CT molecular complexity index is 605. The van der Waals surface area contributed by atoms with Gasteiger partial charge in [-0.15, -0.1) is 0 Å². The predicted octanol–water partition coefficient (Wildman–Crippen LogP) is 3.63. The van der Waals surface area contributed by atoms with Crippen LogP contribution in [0.3, 0.4) is 0 Å². The molecule has 3 aromatic rings. The largest absolute Gasteiger partial charge is 0.364 e. The van der Waals surface area contributed by atoms with Crippen molar-refractivity contribution in [2.24, 2.45) is 0 Å². The van der Waals surface area contributed by atoms with Gasteiger partial charge in [0.1, 0.15) is 0 Å². The van der Waals surface area contributed by atoms with Crippen LogP contribution in [0, 0.1) is 6.92 Å². The van der Waals surface area contributed by atoms with E-state index in [1.807, 2.05) is 0 Å². The lowest BCUT2D eigenvalue weighted by molar-refractivity contribution is 1.28. The average molecular weight is 181 g/mol. The van der Waals surface area contributed by atoms with Crippen LogP contribution in [0.1, 0.15) is 5.69 Å². The van der Waals surface area contributed by atoms with Gasteiger partial charge in [0, 0.05) is 22.7 Å². The van der Waals surface area contributed by atoms with E-state index in [0.717, 1.165) is 0 Å². The topological polar surface area (TPSA) is 15.8 Å². The Morgan fingerprint density at radius 2 is 1.64 bits per heavy atom. The normalized spacial score (nSPS) is 11.2. The first-order chi connectivity index (χ1) is 6.84. The van der Waals surface area contributed by atoms with Gasteiger partial charge in [0.05, 0.1) is 0 Å². The van der Waals surface area contributed by atoms with E-state index in [2.05, 4.69) is 54.5 Å². The molecule has 0 atom stereocenters. The zero-order valence-corrected chi connectivity index (χ0v) is 8.04. The fourth-order valence-corrected chi connectivity index (χ4v) is 1.97. The SMILES string of the molecule is Cc1[nH]cc2cc3ccccc3cc12. The van der Waals surface area contributed by atoms with E-state index >= 15 is 0 Å². The number of aromatic amines is 1. The molecule has 2 aromatic carbocycles. The van der Waals surface area contributed by atoms with Gasteiger partial charge in [-0.25, -0.2) is 0 Å².